The molecule has 0 spiro atoms. The number of halogens is 2. The maximum atomic E-state index is 15.3. The molecule has 1 aromatic rings. The minimum atomic E-state index is -0.715. The smallest absolute Gasteiger partial charge is 0.243 e. The number of anilines is 2. The van der Waals surface area contributed by atoms with Gasteiger partial charge in [0.1, 0.15) is 0 Å². The van der Waals surface area contributed by atoms with Gasteiger partial charge in [-0.15, -0.1) is 0 Å². The summed E-state index contributed by atoms with van der Waals surface area (Å²) in [4.78, 5) is 35.7. The average Bonchev–Trinajstić information content (AvgIpc) is 3.30. The van der Waals surface area contributed by atoms with Gasteiger partial charge in [0.25, 0.3) is 0 Å². The van der Waals surface area contributed by atoms with Gasteiger partial charge in [0, 0.05) is 25.2 Å². The Morgan fingerprint density at radius 1 is 1.30 bits per heavy atom. The number of nitrogens with one attached hydrogen (secondary N) is 2. The number of hydroxylamine groups is 2. The van der Waals surface area contributed by atoms with Crippen LogP contribution in [0.1, 0.15) is 46.0 Å². The molecule has 0 unspecified atom stereocenters. The van der Waals surface area contributed by atoms with Crippen LogP contribution in [0.15, 0.2) is 0 Å². The molecule has 1 aliphatic carbocycles. The van der Waals surface area contributed by atoms with Crippen LogP contribution in [-0.2, 0) is 9.59 Å². The van der Waals surface area contributed by atoms with E-state index in [9.17, 15) is 14.8 Å². The molecule has 3 atom stereocenters. The van der Waals surface area contributed by atoms with Crippen LogP contribution in [0.4, 0.5) is 16.0 Å². The van der Waals surface area contributed by atoms with Crippen molar-refractivity contribution in [2.24, 2.45) is 11.8 Å². The Morgan fingerprint density at radius 3 is 2.67 bits per heavy atom. The number of carbonyl (C=O) groups excluding carboxylic acids is 2. The summed E-state index contributed by atoms with van der Waals surface area (Å²) in [6, 6.07) is 0.167. The zero-order valence-electron chi connectivity index (χ0n) is 19.3. The van der Waals surface area contributed by atoms with Gasteiger partial charge in [-0.05, 0) is 44.8 Å². The van der Waals surface area contributed by atoms with Crippen molar-refractivity contribution in [3.05, 3.63) is 11.1 Å². The molecule has 2 aliphatic rings. The van der Waals surface area contributed by atoms with Gasteiger partial charge in [0.15, 0.2) is 11.6 Å². The van der Waals surface area contributed by atoms with Crippen LogP contribution in [0.25, 0.3) is 0 Å². The normalized spacial score (nSPS) is 22.8. The third-order valence-electron chi connectivity index (χ3n) is 6.95. The minimum absolute atomic E-state index is 0.0127. The summed E-state index contributed by atoms with van der Waals surface area (Å²) in [5, 5.41) is 9.93. The van der Waals surface area contributed by atoms with Crippen molar-refractivity contribution in [3.8, 4) is 0 Å². The topological polar surface area (TPSA) is 114 Å². The van der Waals surface area contributed by atoms with Crippen molar-refractivity contribution in [3.63, 3.8) is 0 Å². The highest BCUT2D eigenvalue weighted by atomic mass is 35.5. The van der Waals surface area contributed by atoms with Crippen molar-refractivity contribution in [2.75, 3.05) is 37.0 Å². The van der Waals surface area contributed by atoms with Crippen LogP contribution in [-0.4, -0.2) is 76.2 Å². The molecule has 2 fully saturated rings. The number of hydrazine groups is 1. The molecule has 2 amide bonds. The third kappa shape index (κ3) is 6.21. The van der Waals surface area contributed by atoms with E-state index in [-0.39, 0.29) is 42.0 Å². The standard InChI is InChI=1S/C21H33ClFN7O3/c1-13-14(2)30(9-8-28(13)3)19-17(23)18(24-21(22)25-19)26-27-20(32)16(11-29(33)12-31)10-15-6-4-5-7-15/h12-16,33H,4-11H2,1-3H3,(H,27,32)(H,24,25,26)/t13-,14-,16-/m1/s1. The lowest BCUT2D eigenvalue weighted by Gasteiger charge is -2.44. The second-order valence-corrected chi connectivity index (χ2v) is 9.40. The quantitative estimate of drug-likeness (QED) is 0.211. The minimum Gasteiger partial charge on any atom is -0.348 e. The largest absolute Gasteiger partial charge is 0.348 e. The fraction of sp³-hybridized carbons (Fsp3) is 0.714. The molecular weight excluding hydrogens is 453 g/mol. The van der Waals surface area contributed by atoms with Crippen LogP contribution >= 0.6 is 11.6 Å². The van der Waals surface area contributed by atoms with E-state index in [1.807, 2.05) is 18.9 Å². The summed E-state index contributed by atoms with van der Waals surface area (Å²) >= 11 is 6.08. The Kier molecular flexibility index (Phi) is 8.66. The fourth-order valence-corrected chi connectivity index (χ4v) is 4.85. The Labute approximate surface area is 198 Å². The predicted molar refractivity (Wildman–Crippen MR) is 122 cm³/mol. The van der Waals surface area contributed by atoms with Crippen molar-refractivity contribution < 1.29 is 19.2 Å². The van der Waals surface area contributed by atoms with Crippen molar-refractivity contribution in [2.45, 2.75) is 58.0 Å². The van der Waals surface area contributed by atoms with E-state index >= 15 is 4.39 Å². The van der Waals surface area contributed by atoms with Gasteiger partial charge >= 0.3 is 0 Å². The van der Waals surface area contributed by atoms with Gasteiger partial charge < -0.3 is 4.90 Å². The van der Waals surface area contributed by atoms with E-state index in [0.717, 1.165) is 32.2 Å². The van der Waals surface area contributed by atoms with Gasteiger partial charge in [-0.3, -0.25) is 30.5 Å². The van der Waals surface area contributed by atoms with E-state index in [2.05, 4.69) is 32.6 Å². The van der Waals surface area contributed by atoms with Gasteiger partial charge in [0.05, 0.1) is 12.5 Å². The highest BCUT2D eigenvalue weighted by molar-refractivity contribution is 6.28. The van der Waals surface area contributed by atoms with E-state index in [0.29, 0.717) is 23.9 Å². The van der Waals surface area contributed by atoms with E-state index in [4.69, 9.17) is 11.6 Å². The number of hydrogen-bond acceptors (Lipinski definition) is 8. The molecule has 33 heavy (non-hydrogen) atoms. The SMILES string of the molecule is C[C@@H]1[C@@H](C)N(c2nc(Cl)nc(NNC(=O)[C@H](CC3CCCC3)CN(O)C=O)c2F)CCN1C. The molecule has 1 saturated carbocycles. The number of amides is 2. The van der Waals surface area contributed by atoms with Gasteiger partial charge in [-0.1, -0.05) is 25.7 Å². The zero-order valence-corrected chi connectivity index (χ0v) is 20.1. The van der Waals surface area contributed by atoms with Crippen LogP contribution in [0.5, 0.6) is 0 Å². The third-order valence-corrected chi connectivity index (χ3v) is 7.12. The first-order valence-electron chi connectivity index (χ1n) is 11.4. The van der Waals surface area contributed by atoms with Crippen molar-refractivity contribution in [1.82, 2.24) is 25.4 Å². The molecule has 3 N–H and O–H groups in total. The Bertz CT molecular complexity index is 842. The van der Waals surface area contributed by atoms with E-state index in [1.54, 1.807) is 0 Å². The van der Waals surface area contributed by atoms with Crippen LogP contribution < -0.4 is 15.8 Å². The molecule has 1 aromatic heterocycles. The van der Waals surface area contributed by atoms with E-state index < -0.39 is 17.6 Å². The summed E-state index contributed by atoms with van der Waals surface area (Å²) in [5.41, 5.74) is 5.00. The second-order valence-electron chi connectivity index (χ2n) is 9.06. The monoisotopic (exact) mass is 485 g/mol. The van der Waals surface area contributed by atoms with Gasteiger partial charge in [-0.2, -0.15) is 14.4 Å². The molecule has 0 radical (unpaired) electrons. The molecule has 10 nitrogen and oxygen atoms in total. The first-order chi connectivity index (χ1) is 15.7. The Balaban J connectivity index is 1.72. The lowest BCUT2D eigenvalue weighted by molar-refractivity contribution is -0.154. The number of piperazine rings is 1. The molecule has 12 heteroatoms. The summed E-state index contributed by atoms with van der Waals surface area (Å²) < 4.78 is 15.3. The van der Waals surface area contributed by atoms with Gasteiger partial charge in [-0.25, -0.2) is 5.06 Å². The molecule has 2 heterocycles. The maximum absolute atomic E-state index is 15.3. The number of rotatable bonds is 9. The molecule has 1 saturated heterocycles. The van der Waals surface area contributed by atoms with E-state index in [1.165, 1.54) is 0 Å². The molecule has 1 aliphatic heterocycles. The fourth-order valence-electron chi connectivity index (χ4n) is 4.69. The van der Waals surface area contributed by atoms with Crippen molar-refractivity contribution >= 4 is 35.6 Å². The molecular formula is C21H33ClFN7O3. The van der Waals surface area contributed by atoms with Crippen molar-refractivity contribution in [1.29, 1.82) is 0 Å². The second kappa shape index (κ2) is 11.3. The summed E-state index contributed by atoms with van der Waals surface area (Å²) in [6.45, 7) is 5.21. The van der Waals surface area contributed by atoms with Gasteiger partial charge in [0.2, 0.25) is 23.4 Å². The summed E-state index contributed by atoms with van der Waals surface area (Å²) in [6.07, 6.45) is 4.99. The molecule has 0 aromatic carbocycles. The summed E-state index contributed by atoms with van der Waals surface area (Å²) in [5.74, 6) is -1.67. The average molecular weight is 486 g/mol. The van der Waals surface area contributed by atoms with Crippen LogP contribution in [0.2, 0.25) is 5.28 Å². The molecule has 184 valence electrons. The first kappa shape index (κ1) is 25.4. The van der Waals surface area contributed by atoms with Crippen LogP contribution in [0, 0.1) is 17.7 Å². The maximum Gasteiger partial charge on any atom is 0.243 e. The first-order valence-corrected chi connectivity index (χ1v) is 11.8. The van der Waals surface area contributed by atoms with Crippen LogP contribution in [0.3, 0.4) is 0 Å². The highest BCUT2D eigenvalue weighted by Gasteiger charge is 2.32. The number of aromatic nitrogens is 2. The molecule has 3 rings (SSSR count). The zero-order chi connectivity index (χ0) is 24.1. The number of nitrogens with zero attached hydrogens (tertiary/aromatic N) is 5. The Morgan fingerprint density at radius 2 is 2.00 bits per heavy atom. The number of likely N-dealkylation sites (N-methyl/N-ethyl adjacent to an activating group) is 1. The highest BCUT2D eigenvalue weighted by Crippen LogP contribution is 2.31. The Hall–Kier alpha value is -2.24. The predicted octanol–water partition coefficient (Wildman–Crippen LogP) is 2.29. The summed E-state index contributed by atoms with van der Waals surface area (Å²) in [7, 11) is 2.02. The number of carbonyl (C=O) groups is 2. The lowest BCUT2D eigenvalue weighted by Crippen LogP contribution is -2.56. The number of hydrogen-bond donors (Lipinski definition) is 3. The lowest BCUT2D eigenvalue weighted by atomic mass is 9.92. The molecule has 0 bridgehead atoms.